The normalized spacial score (nSPS) is 11.5. The maximum atomic E-state index is 12.9. The monoisotopic (exact) mass is 361 g/mol. The van der Waals surface area contributed by atoms with Crippen molar-refractivity contribution in [2.24, 2.45) is 0 Å². The van der Waals surface area contributed by atoms with Crippen LogP contribution < -0.4 is 14.8 Å². The maximum absolute atomic E-state index is 12.9. The molecule has 3 aromatic rings. The SMILES string of the molecule is COc1ccccc1NC(CC(=O)c1ccccc1)c1ccccc1OC. The lowest BCUT2D eigenvalue weighted by molar-refractivity contribution is 0.0976. The Morgan fingerprint density at radius 1 is 0.815 bits per heavy atom. The third-order valence-electron chi connectivity index (χ3n) is 4.44. The number of carbonyl (C=O) groups excluding carboxylic acids is 1. The first-order valence-corrected chi connectivity index (χ1v) is 8.83. The number of ether oxygens (including phenoxy) is 2. The van der Waals surface area contributed by atoms with Gasteiger partial charge in [0, 0.05) is 17.5 Å². The van der Waals surface area contributed by atoms with E-state index in [1.807, 2.05) is 78.9 Å². The summed E-state index contributed by atoms with van der Waals surface area (Å²) in [6.45, 7) is 0. The lowest BCUT2D eigenvalue weighted by atomic mass is 9.96. The van der Waals surface area contributed by atoms with Crippen LogP contribution in [-0.2, 0) is 0 Å². The molecule has 27 heavy (non-hydrogen) atoms. The van der Waals surface area contributed by atoms with Gasteiger partial charge in [0.25, 0.3) is 0 Å². The molecule has 138 valence electrons. The van der Waals surface area contributed by atoms with Crippen molar-refractivity contribution in [1.29, 1.82) is 0 Å². The number of nitrogens with one attached hydrogen (secondary N) is 1. The Morgan fingerprint density at radius 2 is 1.41 bits per heavy atom. The molecular formula is C23H23NO3. The smallest absolute Gasteiger partial charge is 0.165 e. The fourth-order valence-electron chi connectivity index (χ4n) is 3.07. The van der Waals surface area contributed by atoms with E-state index in [0.717, 1.165) is 22.7 Å². The quantitative estimate of drug-likeness (QED) is 0.565. The molecular weight excluding hydrogens is 338 g/mol. The Hall–Kier alpha value is -3.27. The molecule has 0 radical (unpaired) electrons. The topological polar surface area (TPSA) is 47.6 Å². The molecule has 0 aliphatic rings. The van der Waals surface area contributed by atoms with Gasteiger partial charge in [-0.15, -0.1) is 0 Å². The molecule has 0 aliphatic heterocycles. The minimum Gasteiger partial charge on any atom is -0.496 e. The van der Waals surface area contributed by atoms with Crippen molar-refractivity contribution < 1.29 is 14.3 Å². The van der Waals surface area contributed by atoms with Crippen molar-refractivity contribution in [1.82, 2.24) is 0 Å². The minimum atomic E-state index is -0.259. The van der Waals surface area contributed by atoms with Gasteiger partial charge in [-0.25, -0.2) is 0 Å². The number of hydrogen-bond acceptors (Lipinski definition) is 4. The van der Waals surface area contributed by atoms with Gasteiger partial charge in [-0.2, -0.15) is 0 Å². The number of carbonyl (C=O) groups is 1. The number of anilines is 1. The number of Topliss-reactive ketones (excluding diaryl/α,β-unsaturated/α-hetero) is 1. The van der Waals surface area contributed by atoms with Gasteiger partial charge in [0.05, 0.1) is 25.9 Å². The lowest BCUT2D eigenvalue weighted by Gasteiger charge is -2.23. The van der Waals surface area contributed by atoms with E-state index in [2.05, 4.69) is 5.32 Å². The van der Waals surface area contributed by atoms with Gasteiger partial charge in [-0.3, -0.25) is 4.79 Å². The second-order valence-corrected chi connectivity index (χ2v) is 6.13. The van der Waals surface area contributed by atoms with Gasteiger partial charge in [-0.1, -0.05) is 60.7 Å². The third-order valence-corrected chi connectivity index (χ3v) is 4.44. The molecule has 3 aromatic carbocycles. The highest BCUT2D eigenvalue weighted by molar-refractivity contribution is 5.96. The molecule has 4 nitrogen and oxygen atoms in total. The van der Waals surface area contributed by atoms with Crippen molar-refractivity contribution >= 4 is 11.5 Å². The van der Waals surface area contributed by atoms with Gasteiger partial charge in [0.15, 0.2) is 5.78 Å². The van der Waals surface area contributed by atoms with Crippen molar-refractivity contribution in [3.63, 3.8) is 0 Å². The van der Waals surface area contributed by atoms with Crippen molar-refractivity contribution in [2.45, 2.75) is 12.5 Å². The molecule has 1 N–H and O–H groups in total. The zero-order chi connectivity index (χ0) is 19.1. The van der Waals surface area contributed by atoms with Crippen molar-refractivity contribution in [2.75, 3.05) is 19.5 Å². The second kappa shape index (κ2) is 8.90. The molecule has 4 heteroatoms. The average molecular weight is 361 g/mol. The van der Waals surface area contributed by atoms with Crippen LogP contribution >= 0.6 is 0 Å². The average Bonchev–Trinajstić information content (AvgIpc) is 2.74. The summed E-state index contributed by atoms with van der Waals surface area (Å²) in [4.78, 5) is 12.9. The zero-order valence-corrected chi connectivity index (χ0v) is 15.5. The van der Waals surface area contributed by atoms with E-state index in [9.17, 15) is 4.79 Å². The van der Waals surface area contributed by atoms with Crippen LogP contribution in [0, 0.1) is 0 Å². The Labute approximate surface area is 159 Å². The summed E-state index contributed by atoms with van der Waals surface area (Å²) in [5.74, 6) is 1.53. The number of ketones is 1. The lowest BCUT2D eigenvalue weighted by Crippen LogP contribution is -2.17. The zero-order valence-electron chi connectivity index (χ0n) is 15.5. The molecule has 0 saturated heterocycles. The Bertz CT molecular complexity index is 893. The van der Waals surface area contributed by atoms with Crippen LogP contribution in [0.5, 0.6) is 11.5 Å². The van der Waals surface area contributed by atoms with Gasteiger partial charge >= 0.3 is 0 Å². The standard InChI is InChI=1S/C23H23NO3/c1-26-22-14-8-6-12-18(22)20(16-21(25)17-10-4-3-5-11-17)24-19-13-7-9-15-23(19)27-2/h3-15,20,24H,16H2,1-2H3. The molecule has 0 aromatic heterocycles. The number of para-hydroxylation sites is 3. The van der Waals surface area contributed by atoms with E-state index in [-0.39, 0.29) is 11.8 Å². The number of hydrogen-bond donors (Lipinski definition) is 1. The molecule has 1 atom stereocenters. The maximum Gasteiger partial charge on any atom is 0.165 e. The van der Waals surface area contributed by atoms with E-state index in [1.165, 1.54) is 0 Å². The van der Waals surface area contributed by atoms with Crippen LogP contribution in [0.3, 0.4) is 0 Å². The first-order chi connectivity index (χ1) is 13.2. The predicted molar refractivity (Wildman–Crippen MR) is 108 cm³/mol. The molecule has 0 amide bonds. The summed E-state index contributed by atoms with van der Waals surface area (Å²) in [6, 6.07) is 24.5. The highest BCUT2D eigenvalue weighted by Crippen LogP contribution is 2.34. The summed E-state index contributed by atoms with van der Waals surface area (Å²) in [7, 11) is 3.27. The van der Waals surface area contributed by atoms with Crippen LogP contribution in [0.15, 0.2) is 78.9 Å². The van der Waals surface area contributed by atoms with E-state index in [4.69, 9.17) is 9.47 Å². The van der Waals surface area contributed by atoms with Gasteiger partial charge in [0.1, 0.15) is 11.5 Å². The fraction of sp³-hybridized carbons (Fsp3) is 0.174. The van der Waals surface area contributed by atoms with Gasteiger partial charge in [0.2, 0.25) is 0 Å². The molecule has 3 rings (SSSR count). The summed E-state index contributed by atoms with van der Waals surface area (Å²) < 4.78 is 11.0. The van der Waals surface area contributed by atoms with E-state index < -0.39 is 0 Å². The van der Waals surface area contributed by atoms with E-state index in [1.54, 1.807) is 14.2 Å². The number of benzene rings is 3. The first-order valence-electron chi connectivity index (χ1n) is 8.83. The second-order valence-electron chi connectivity index (χ2n) is 6.13. The summed E-state index contributed by atoms with van der Waals surface area (Å²) in [5, 5.41) is 3.46. The van der Waals surface area contributed by atoms with Crippen LogP contribution in [-0.4, -0.2) is 20.0 Å². The highest BCUT2D eigenvalue weighted by atomic mass is 16.5. The molecule has 0 fully saturated rings. The minimum absolute atomic E-state index is 0.0638. The summed E-state index contributed by atoms with van der Waals surface area (Å²) >= 11 is 0. The first kappa shape index (κ1) is 18.5. The van der Waals surface area contributed by atoms with Crippen LogP contribution in [0.2, 0.25) is 0 Å². The molecule has 0 aliphatic carbocycles. The molecule has 0 saturated carbocycles. The third kappa shape index (κ3) is 4.47. The summed E-state index contributed by atoms with van der Waals surface area (Å²) in [5.41, 5.74) is 2.45. The van der Waals surface area contributed by atoms with Crippen molar-refractivity contribution in [3.05, 3.63) is 90.0 Å². The Kier molecular flexibility index (Phi) is 6.10. The van der Waals surface area contributed by atoms with Gasteiger partial charge < -0.3 is 14.8 Å². The van der Waals surface area contributed by atoms with Crippen molar-refractivity contribution in [3.8, 4) is 11.5 Å². The van der Waals surface area contributed by atoms with E-state index in [0.29, 0.717) is 12.0 Å². The van der Waals surface area contributed by atoms with Gasteiger partial charge in [-0.05, 0) is 18.2 Å². The Balaban J connectivity index is 1.95. The number of methoxy groups -OCH3 is 2. The predicted octanol–water partition coefficient (Wildman–Crippen LogP) is 5.13. The summed E-state index contributed by atoms with van der Waals surface area (Å²) in [6.07, 6.45) is 0.294. The highest BCUT2D eigenvalue weighted by Gasteiger charge is 2.21. The molecule has 1 unspecified atom stereocenters. The molecule has 0 bridgehead atoms. The largest absolute Gasteiger partial charge is 0.496 e. The van der Waals surface area contributed by atoms with Crippen LogP contribution in [0.25, 0.3) is 0 Å². The van der Waals surface area contributed by atoms with E-state index >= 15 is 0 Å². The molecule has 0 spiro atoms. The molecule has 0 heterocycles. The number of rotatable bonds is 8. The van der Waals surface area contributed by atoms with Crippen LogP contribution in [0.4, 0.5) is 5.69 Å². The Morgan fingerprint density at radius 3 is 2.11 bits per heavy atom. The van der Waals surface area contributed by atoms with Crippen LogP contribution in [0.1, 0.15) is 28.4 Å². The fourth-order valence-corrected chi connectivity index (χ4v) is 3.07.